The van der Waals surface area contributed by atoms with Gasteiger partial charge in [-0.3, -0.25) is 4.79 Å². The highest BCUT2D eigenvalue weighted by molar-refractivity contribution is 8.00. The molecule has 0 aliphatic rings. The summed E-state index contributed by atoms with van der Waals surface area (Å²) in [4.78, 5) is 13.2. The number of thioether (sulfide) groups is 1. The van der Waals surface area contributed by atoms with Crippen molar-refractivity contribution >= 4 is 17.7 Å². The van der Waals surface area contributed by atoms with Gasteiger partial charge < -0.3 is 5.32 Å². The lowest BCUT2D eigenvalue weighted by molar-refractivity contribution is 0.0936. The Morgan fingerprint density at radius 2 is 1.94 bits per heavy atom. The van der Waals surface area contributed by atoms with Gasteiger partial charge in [0.05, 0.1) is 5.56 Å². The van der Waals surface area contributed by atoms with Gasteiger partial charge in [-0.1, -0.05) is 32.9 Å². The molecule has 1 aromatic carbocycles. The van der Waals surface area contributed by atoms with Crippen LogP contribution >= 0.6 is 11.8 Å². The molecular weight excluding hydrogens is 230 g/mol. The van der Waals surface area contributed by atoms with Crippen LogP contribution in [0.15, 0.2) is 29.2 Å². The highest BCUT2D eigenvalue weighted by Crippen LogP contribution is 2.26. The van der Waals surface area contributed by atoms with Gasteiger partial charge in [-0.15, -0.1) is 11.8 Å². The molecule has 1 N–H and O–H groups in total. The first-order valence-electron chi connectivity index (χ1n) is 6.11. The van der Waals surface area contributed by atoms with E-state index in [-0.39, 0.29) is 11.9 Å². The topological polar surface area (TPSA) is 29.1 Å². The molecule has 0 bridgehead atoms. The van der Waals surface area contributed by atoms with Gasteiger partial charge in [0.15, 0.2) is 0 Å². The predicted octanol–water partition coefficient (Wildman–Crippen LogP) is 3.72. The number of rotatable bonds is 5. The summed E-state index contributed by atoms with van der Waals surface area (Å²) in [6, 6.07) is 8.01. The van der Waals surface area contributed by atoms with Crippen molar-refractivity contribution in [3.8, 4) is 0 Å². The molecule has 1 aromatic rings. The minimum Gasteiger partial charge on any atom is -0.350 e. The van der Waals surface area contributed by atoms with Gasteiger partial charge in [0.1, 0.15) is 0 Å². The lowest BCUT2D eigenvalue weighted by Gasteiger charge is -2.14. The van der Waals surface area contributed by atoms with Crippen molar-refractivity contribution in [1.29, 1.82) is 0 Å². The largest absolute Gasteiger partial charge is 0.350 e. The second-order valence-corrected chi connectivity index (χ2v) is 6.06. The molecule has 0 spiro atoms. The highest BCUT2D eigenvalue weighted by atomic mass is 32.2. The average Bonchev–Trinajstić information content (AvgIpc) is 2.28. The van der Waals surface area contributed by atoms with Crippen LogP contribution in [0.1, 0.15) is 44.5 Å². The van der Waals surface area contributed by atoms with E-state index in [2.05, 4.69) is 26.1 Å². The number of hydrogen-bond acceptors (Lipinski definition) is 2. The Morgan fingerprint density at radius 1 is 1.29 bits per heavy atom. The van der Waals surface area contributed by atoms with Gasteiger partial charge >= 0.3 is 0 Å². The van der Waals surface area contributed by atoms with Crippen LogP contribution in [-0.2, 0) is 0 Å². The Hall–Kier alpha value is -0.960. The molecule has 17 heavy (non-hydrogen) atoms. The number of amides is 1. The van der Waals surface area contributed by atoms with E-state index in [1.165, 1.54) is 0 Å². The number of carbonyl (C=O) groups is 1. The van der Waals surface area contributed by atoms with Gasteiger partial charge in [0, 0.05) is 16.2 Å². The first kappa shape index (κ1) is 14.1. The van der Waals surface area contributed by atoms with Crippen LogP contribution in [0.2, 0.25) is 0 Å². The average molecular weight is 251 g/mol. The summed E-state index contributed by atoms with van der Waals surface area (Å²) >= 11 is 1.73. The standard InChI is InChI=1S/C14H21NOS/c1-5-11(4)15-14(16)12-8-6-7-9-13(12)17-10(2)3/h6-11H,5H2,1-4H3,(H,15,16)/t11-/m1/s1. The van der Waals surface area contributed by atoms with Crippen LogP contribution in [0.3, 0.4) is 0 Å². The molecule has 1 atom stereocenters. The van der Waals surface area contributed by atoms with Crippen LogP contribution < -0.4 is 5.32 Å². The van der Waals surface area contributed by atoms with Gasteiger partial charge in [0.25, 0.3) is 5.91 Å². The maximum atomic E-state index is 12.1. The maximum absolute atomic E-state index is 12.1. The molecule has 0 aliphatic carbocycles. The van der Waals surface area contributed by atoms with E-state index in [0.29, 0.717) is 5.25 Å². The Bertz CT molecular complexity index is 376. The maximum Gasteiger partial charge on any atom is 0.252 e. The third-order valence-electron chi connectivity index (χ3n) is 2.48. The second-order valence-electron chi connectivity index (χ2n) is 4.45. The van der Waals surface area contributed by atoms with Crippen molar-refractivity contribution in [3.05, 3.63) is 29.8 Å². The minimum absolute atomic E-state index is 0.0306. The van der Waals surface area contributed by atoms with E-state index >= 15 is 0 Å². The van der Waals surface area contributed by atoms with E-state index in [4.69, 9.17) is 0 Å². The molecule has 0 aliphatic heterocycles. The molecule has 0 aromatic heterocycles. The lowest BCUT2D eigenvalue weighted by Crippen LogP contribution is -2.32. The number of hydrogen-bond donors (Lipinski definition) is 1. The fourth-order valence-electron chi connectivity index (χ4n) is 1.41. The summed E-state index contributed by atoms with van der Waals surface area (Å²) in [5.74, 6) is 0.0306. The van der Waals surface area contributed by atoms with Crippen LogP contribution in [0.4, 0.5) is 0 Å². The highest BCUT2D eigenvalue weighted by Gasteiger charge is 2.13. The summed E-state index contributed by atoms with van der Waals surface area (Å²) < 4.78 is 0. The molecule has 0 heterocycles. The SMILES string of the molecule is CC[C@@H](C)NC(=O)c1ccccc1SC(C)C. The van der Waals surface area contributed by atoms with Crippen molar-refractivity contribution in [2.75, 3.05) is 0 Å². The zero-order valence-corrected chi connectivity index (χ0v) is 11.8. The molecule has 94 valence electrons. The third-order valence-corrected chi connectivity index (χ3v) is 3.57. The van der Waals surface area contributed by atoms with Crippen LogP contribution in [0, 0.1) is 0 Å². The van der Waals surface area contributed by atoms with Crippen molar-refractivity contribution < 1.29 is 4.79 Å². The monoisotopic (exact) mass is 251 g/mol. The van der Waals surface area contributed by atoms with Crippen molar-refractivity contribution in [2.45, 2.75) is 50.3 Å². The Balaban J connectivity index is 2.85. The molecule has 0 saturated carbocycles. The summed E-state index contributed by atoms with van der Waals surface area (Å²) in [7, 11) is 0. The van der Waals surface area contributed by atoms with Crippen molar-refractivity contribution in [1.82, 2.24) is 5.32 Å². The van der Waals surface area contributed by atoms with Gasteiger partial charge in [0.2, 0.25) is 0 Å². The van der Waals surface area contributed by atoms with Crippen LogP contribution in [0.25, 0.3) is 0 Å². The molecular formula is C14H21NOS. The van der Waals surface area contributed by atoms with E-state index in [1.807, 2.05) is 31.2 Å². The molecule has 1 amide bonds. The number of benzene rings is 1. The van der Waals surface area contributed by atoms with Crippen molar-refractivity contribution in [2.24, 2.45) is 0 Å². The fraction of sp³-hybridized carbons (Fsp3) is 0.500. The lowest BCUT2D eigenvalue weighted by atomic mass is 10.2. The first-order valence-corrected chi connectivity index (χ1v) is 6.99. The van der Waals surface area contributed by atoms with Gasteiger partial charge in [-0.05, 0) is 25.5 Å². The molecule has 1 rings (SSSR count). The van der Waals surface area contributed by atoms with Crippen molar-refractivity contribution in [3.63, 3.8) is 0 Å². The number of nitrogens with one attached hydrogen (secondary N) is 1. The van der Waals surface area contributed by atoms with Gasteiger partial charge in [-0.2, -0.15) is 0 Å². The zero-order chi connectivity index (χ0) is 12.8. The predicted molar refractivity (Wildman–Crippen MR) is 74.7 cm³/mol. The second kappa shape index (κ2) is 6.70. The Morgan fingerprint density at radius 3 is 2.53 bits per heavy atom. The summed E-state index contributed by atoms with van der Waals surface area (Å²) in [5, 5.41) is 3.49. The Labute approximate surface area is 108 Å². The van der Waals surface area contributed by atoms with E-state index in [0.717, 1.165) is 16.9 Å². The van der Waals surface area contributed by atoms with E-state index < -0.39 is 0 Å². The molecule has 0 radical (unpaired) electrons. The normalized spacial score (nSPS) is 12.5. The zero-order valence-electron chi connectivity index (χ0n) is 11.0. The van der Waals surface area contributed by atoms with Crippen LogP contribution in [-0.4, -0.2) is 17.2 Å². The first-order chi connectivity index (χ1) is 8.04. The third kappa shape index (κ3) is 4.43. The van der Waals surface area contributed by atoms with E-state index in [9.17, 15) is 4.79 Å². The Kier molecular flexibility index (Phi) is 5.56. The molecule has 0 fully saturated rings. The number of carbonyl (C=O) groups excluding carboxylic acids is 1. The summed E-state index contributed by atoms with van der Waals surface area (Å²) in [6.45, 7) is 8.36. The molecule has 3 heteroatoms. The fourth-order valence-corrected chi connectivity index (χ4v) is 2.37. The minimum atomic E-state index is 0.0306. The molecule has 0 unspecified atom stereocenters. The summed E-state index contributed by atoms with van der Waals surface area (Å²) in [6.07, 6.45) is 0.950. The quantitative estimate of drug-likeness (QED) is 0.808. The molecule has 2 nitrogen and oxygen atoms in total. The van der Waals surface area contributed by atoms with Gasteiger partial charge in [-0.25, -0.2) is 0 Å². The molecule has 0 saturated heterocycles. The summed E-state index contributed by atoms with van der Waals surface area (Å²) in [5.41, 5.74) is 0.784. The van der Waals surface area contributed by atoms with E-state index in [1.54, 1.807) is 11.8 Å². The van der Waals surface area contributed by atoms with Crippen LogP contribution in [0.5, 0.6) is 0 Å². The smallest absolute Gasteiger partial charge is 0.252 e.